The molecule has 2 aromatic rings. The molecule has 3 rings (SSSR count). The van der Waals surface area contributed by atoms with Gasteiger partial charge in [0.2, 0.25) is 0 Å². The van der Waals surface area contributed by atoms with E-state index in [1.807, 2.05) is 13.8 Å². The highest BCUT2D eigenvalue weighted by molar-refractivity contribution is 6.51. The van der Waals surface area contributed by atoms with E-state index in [0.717, 1.165) is 5.52 Å². The summed E-state index contributed by atoms with van der Waals surface area (Å²) in [6.07, 6.45) is 0.662. The SMILES string of the molecule is CCn1c(=O)[nH]c2cc(C(=O)NCC3(C)CC3(Cl)Cl)ccc21. The van der Waals surface area contributed by atoms with Gasteiger partial charge in [-0.05, 0) is 31.5 Å². The number of benzene rings is 1. The number of H-pyrrole nitrogens is 1. The summed E-state index contributed by atoms with van der Waals surface area (Å²) in [6, 6.07) is 5.17. The average molecular weight is 342 g/mol. The van der Waals surface area contributed by atoms with E-state index in [-0.39, 0.29) is 17.0 Å². The van der Waals surface area contributed by atoms with E-state index in [9.17, 15) is 9.59 Å². The molecule has 0 aliphatic heterocycles. The lowest BCUT2D eigenvalue weighted by molar-refractivity contribution is 0.0946. The van der Waals surface area contributed by atoms with Crippen LogP contribution in [0.3, 0.4) is 0 Å². The maximum absolute atomic E-state index is 12.2. The van der Waals surface area contributed by atoms with Crippen LogP contribution in [-0.4, -0.2) is 26.3 Å². The zero-order valence-corrected chi connectivity index (χ0v) is 13.9. The van der Waals surface area contributed by atoms with Crippen molar-refractivity contribution < 1.29 is 4.79 Å². The Morgan fingerprint density at radius 3 is 2.73 bits per heavy atom. The van der Waals surface area contributed by atoms with Gasteiger partial charge in [0, 0.05) is 24.1 Å². The predicted molar refractivity (Wildman–Crippen MR) is 87.7 cm³/mol. The highest BCUT2D eigenvalue weighted by Crippen LogP contribution is 2.63. The molecule has 7 heteroatoms. The molecule has 0 saturated heterocycles. The molecule has 1 atom stereocenters. The molecule has 1 aromatic heterocycles. The Morgan fingerprint density at radius 2 is 2.14 bits per heavy atom. The predicted octanol–water partition coefficient (Wildman–Crippen LogP) is 2.66. The smallest absolute Gasteiger partial charge is 0.326 e. The molecule has 1 amide bonds. The van der Waals surface area contributed by atoms with Gasteiger partial charge in [0.25, 0.3) is 5.91 Å². The summed E-state index contributed by atoms with van der Waals surface area (Å²) in [4.78, 5) is 26.8. The normalized spacial score (nSPS) is 22.7. The second kappa shape index (κ2) is 5.03. The number of imidazole rings is 1. The number of aromatic nitrogens is 2. The summed E-state index contributed by atoms with van der Waals surface area (Å²) in [5.74, 6) is -0.204. The van der Waals surface area contributed by atoms with Crippen LogP contribution in [0.2, 0.25) is 0 Å². The molecule has 0 spiro atoms. The summed E-state index contributed by atoms with van der Waals surface area (Å²) in [5.41, 5.74) is 1.49. The van der Waals surface area contributed by atoms with Crippen molar-refractivity contribution in [1.29, 1.82) is 0 Å². The number of nitrogens with one attached hydrogen (secondary N) is 2. The van der Waals surface area contributed by atoms with Crippen LogP contribution < -0.4 is 11.0 Å². The van der Waals surface area contributed by atoms with Crippen molar-refractivity contribution in [3.05, 3.63) is 34.2 Å². The molecule has 1 aromatic carbocycles. The summed E-state index contributed by atoms with van der Waals surface area (Å²) < 4.78 is 0.866. The van der Waals surface area contributed by atoms with E-state index < -0.39 is 4.33 Å². The summed E-state index contributed by atoms with van der Waals surface area (Å²) >= 11 is 12.1. The zero-order valence-electron chi connectivity index (χ0n) is 12.4. The molecule has 1 unspecified atom stereocenters. The van der Waals surface area contributed by atoms with Gasteiger partial charge in [0.05, 0.1) is 11.0 Å². The number of aromatic amines is 1. The van der Waals surface area contributed by atoms with Gasteiger partial charge in [0.1, 0.15) is 4.33 Å². The first-order valence-corrected chi connectivity index (χ1v) is 7.91. The van der Waals surface area contributed by atoms with E-state index in [4.69, 9.17) is 23.2 Å². The molecule has 0 bridgehead atoms. The number of rotatable bonds is 4. The number of carbonyl (C=O) groups excluding carboxylic acids is 1. The number of halogens is 2. The third-order valence-corrected chi connectivity index (χ3v) is 5.54. The van der Waals surface area contributed by atoms with Crippen LogP contribution in [0.4, 0.5) is 0 Å². The van der Waals surface area contributed by atoms with Crippen molar-refractivity contribution in [3.8, 4) is 0 Å². The van der Waals surface area contributed by atoms with Crippen LogP contribution in [0.25, 0.3) is 11.0 Å². The molecule has 22 heavy (non-hydrogen) atoms. The number of hydrogen-bond acceptors (Lipinski definition) is 2. The summed E-state index contributed by atoms with van der Waals surface area (Å²) in [6.45, 7) is 4.84. The third kappa shape index (κ3) is 2.42. The van der Waals surface area contributed by atoms with E-state index >= 15 is 0 Å². The second-order valence-corrected chi connectivity index (χ2v) is 7.51. The van der Waals surface area contributed by atoms with Crippen molar-refractivity contribution in [2.45, 2.75) is 31.1 Å². The second-order valence-electron chi connectivity index (χ2n) is 6.03. The molecular formula is C15H17Cl2N3O2. The van der Waals surface area contributed by atoms with Gasteiger partial charge in [-0.25, -0.2) is 4.79 Å². The van der Waals surface area contributed by atoms with Crippen molar-refractivity contribution in [2.75, 3.05) is 6.54 Å². The van der Waals surface area contributed by atoms with E-state index in [1.54, 1.807) is 22.8 Å². The van der Waals surface area contributed by atoms with Gasteiger partial charge in [-0.2, -0.15) is 0 Å². The fourth-order valence-corrected chi connectivity index (χ4v) is 3.36. The Bertz CT molecular complexity index is 809. The molecule has 0 radical (unpaired) electrons. The van der Waals surface area contributed by atoms with Crippen molar-refractivity contribution in [3.63, 3.8) is 0 Å². The van der Waals surface area contributed by atoms with Crippen LogP contribution in [0.5, 0.6) is 0 Å². The van der Waals surface area contributed by atoms with E-state index in [2.05, 4.69) is 10.3 Å². The molecule has 1 aliphatic rings. The van der Waals surface area contributed by atoms with Gasteiger partial charge in [-0.15, -0.1) is 23.2 Å². The van der Waals surface area contributed by atoms with Crippen molar-refractivity contribution in [2.24, 2.45) is 5.41 Å². The third-order valence-electron chi connectivity index (χ3n) is 4.36. The zero-order chi connectivity index (χ0) is 16.1. The largest absolute Gasteiger partial charge is 0.351 e. The number of fused-ring (bicyclic) bond motifs is 1. The van der Waals surface area contributed by atoms with Gasteiger partial charge >= 0.3 is 5.69 Å². The van der Waals surface area contributed by atoms with Gasteiger partial charge in [0.15, 0.2) is 0 Å². The standard InChI is InChI=1S/C15H17Cl2N3O2/c1-3-20-11-5-4-9(6-10(11)19-13(20)22)12(21)18-8-14(2)7-15(14,16)17/h4-6H,3,7-8H2,1-2H3,(H,18,21)(H,19,22). The first kappa shape index (κ1) is 15.4. The first-order chi connectivity index (χ1) is 10.3. The number of aryl methyl sites for hydroxylation is 1. The van der Waals surface area contributed by atoms with Gasteiger partial charge < -0.3 is 10.3 Å². The van der Waals surface area contributed by atoms with Crippen molar-refractivity contribution >= 4 is 40.1 Å². The fraction of sp³-hybridized carbons (Fsp3) is 0.467. The van der Waals surface area contributed by atoms with Crippen LogP contribution in [0, 0.1) is 5.41 Å². The lowest BCUT2D eigenvalue weighted by Crippen LogP contribution is -2.31. The van der Waals surface area contributed by atoms with E-state index in [0.29, 0.717) is 30.6 Å². The quantitative estimate of drug-likeness (QED) is 0.839. The molecule has 1 saturated carbocycles. The Labute approximate surface area is 137 Å². The lowest BCUT2D eigenvalue weighted by atomic mass is 10.1. The minimum Gasteiger partial charge on any atom is -0.351 e. The Morgan fingerprint density at radius 1 is 1.45 bits per heavy atom. The summed E-state index contributed by atoms with van der Waals surface area (Å²) in [5, 5.41) is 2.85. The lowest BCUT2D eigenvalue weighted by Gasteiger charge is -2.13. The molecule has 1 aliphatic carbocycles. The van der Waals surface area contributed by atoms with Crippen LogP contribution in [-0.2, 0) is 6.54 Å². The molecule has 1 fully saturated rings. The highest BCUT2D eigenvalue weighted by Gasteiger charge is 2.62. The maximum Gasteiger partial charge on any atom is 0.326 e. The Hall–Kier alpha value is -1.46. The number of nitrogens with zero attached hydrogens (tertiary/aromatic N) is 1. The van der Waals surface area contributed by atoms with Crippen molar-refractivity contribution in [1.82, 2.24) is 14.9 Å². The highest BCUT2D eigenvalue weighted by atomic mass is 35.5. The van der Waals surface area contributed by atoms with Crippen LogP contribution >= 0.6 is 23.2 Å². The minimum absolute atomic E-state index is 0.172. The first-order valence-electron chi connectivity index (χ1n) is 7.16. The number of carbonyl (C=O) groups is 1. The number of amides is 1. The van der Waals surface area contributed by atoms with E-state index in [1.165, 1.54) is 0 Å². The molecular weight excluding hydrogens is 325 g/mol. The van der Waals surface area contributed by atoms with Gasteiger partial charge in [-0.1, -0.05) is 6.92 Å². The molecule has 5 nitrogen and oxygen atoms in total. The monoisotopic (exact) mass is 341 g/mol. The Balaban J connectivity index is 1.79. The average Bonchev–Trinajstić information content (AvgIpc) is 2.81. The number of alkyl halides is 2. The molecule has 118 valence electrons. The minimum atomic E-state index is -0.756. The number of hydrogen-bond donors (Lipinski definition) is 2. The summed E-state index contributed by atoms with van der Waals surface area (Å²) in [7, 11) is 0. The van der Waals surface area contributed by atoms with Crippen LogP contribution in [0.1, 0.15) is 30.6 Å². The molecule has 1 heterocycles. The van der Waals surface area contributed by atoms with Crippen LogP contribution in [0.15, 0.2) is 23.0 Å². The Kier molecular flexibility index (Phi) is 3.53. The molecule has 2 N–H and O–H groups in total. The topological polar surface area (TPSA) is 66.9 Å². The fourth-order valence-electron chi connectivity index (χ4n) is 2.63. The maximum atomic E-state index is 12.2. The van der Waals surface area contributed by atoms with Gasteiger partial charge in [-0.3, -0.25) is 9.36 Å².